The van der Waals surface area contributed by atoms with Gasteiger partial charge in [0, 0.05) is 0 Å². The summed E-state index contributed by atoms with van der Waals surface area (Å²) in [6.45, 7) is 7.97. The number of ether oxygens (including phenoxy) is 2. The van der Waals surface area contributed by atoms with E-state index < -0.39 is 0 Å². The first-order valence-electron chi connectivity index (χ1n) is 6.54. The molecule has 0 aliphatic rings. The van der Waals surface area contributed by atoms with Crippen molar-refractivity contribution in [2.45, 2.75) is 52.7 Å². The molecule has 3 heteroatoms. The third-order valence-corrected chi connectivity index (χ3v) is 2.89. The largest absolute Gasteiger partial charge is 0.491 e. The van der Waals surface area contributed by atoms with Gasteiger partial charge < -0.3 is 9.47 Å². The number of hydrogen-bond acceptors (Lipinski definition) is 3. The second-order valence-electron chi connectivity index (χ2n) is 4.49. The fraction of sp³-hybridized carbons (Fsp3) is 0.533. The van der Waals surface area contributed by atoms with Crippen LogP contribution in [0.3, 0.4) is 0 Å². The molecule has 0 aromatic heterocycles. The van der Waals surface area contributed by atoms with Gasteiger partial charge in [-0.15, -0.1) is 0 Å². The summed E-state index contributed by atoms with van der Waals surface area (Å²) in [4.78, 5) is 11.7. The van der Waals surface area contributed by atoms with Crippen LogP contribution in [0.15, 0.2) is 24.3 Å². The van der Waals surface area contributed by atoms with Gasteiger partial charge in [-0.2, -0.15) is 0 Å². The molecule has 0 aliphatic carbocycles. The Morgan fingerprint density at radius 3 is 2.11 bits per heavy atom. The molecule has 0 saturated carbocycles. The molecule has 18 heavy (non-hydrogen) atoms. The third kappa shape index (κ3) is 4.40. The van der Waals surface area contributed by atoms with Crippen LogP contribution in [-0.2, 0) is 4.74 Å². The molecule has 0 bridgehead atoms. The van der Waals surface area contributed by atoms with Crippen molar-refractivity contribution in [3.8, 4) is 5.75 Å². The van der Waals surface area contributed by atoms with Crippen molar-refractivity contribution in [3.63, 3.8) is 0 Å². The van der Waals surface area contributed by atoms with E-state index in [0.717, 1.165) is 18.6 Å². The van der Waals surface area contributed by atoms with Gasteiger partial charge in [-0.25, -0.2) is 4.79 Å². The Hall–Kier alpha value is -1.51. The Morgan fingerprint density at radius 2 is 1.61 bits per heavy atom. The molecule has 1 aromatic carbocycles. The Morgan fingerprint density at radius 1 is 1.06 bits per heavy atom. The van der Waals surface area contributed by atoms with Gasteiger partial charge in [0.15, 0.2) is 0 Å². The van der Waals surface area contributed by atoms with Crippen molar-refractivity contribution >= 4 is 5.97 Å². The fourth-order valence-corrected chi connectivity index (χ4v) is 1.32. The van der Waals surface area contributed by atoms with Crippen LogP contribution in [0.2, 0.25) is 0 Å². The van der Waals surface area contributed by atoms with Gasteiger partial charge in [0.1, 0.15) is 5.75 Å². The molecule has 0 spiro atoms. The summed E-state index contributed by atoms with van der Waals surface area (Å²) in [5.74, 6) is 0.504. The highest BCUT2D eigenvalue weighted by Gasteiger charge is 2.11. The quantitative estimate of drug-likeness (QED) is 0.720. The predicted molar refractivity (Wildman–Crippen MR) is 72.0 cm³/mol. The molecule has 0 aliphatic heterocycles. The highest BCUT2D eigenvalue weighted by Crippen LogP contribution is 2.16. The lowest BCUT2D eigenvalue weighted by molar-refractivity contribution is 0.0334. The molecule has 3 nitrogen and oxygen atoms in total. The van der Waals surface area contributed by atoms with E-state index in [1.807, 2.05) is 20.8 Å². The number of rotatable bonds is 6. The number of esters is 1. The molecule has 0 N–H and O–H groups in total. The average Bonchev–Trinajstić information content (AvgIpc) is 2.39. The summed E-state index contributed by atoms with van der Waals surface area (Å²) in [5.41, 5.74) is 0.562. The van der Waals surface area contributed by atoms with Crippen molar-refractivity contribution in [2.24, 2.45) is 0 Å². The van der Waals surface area contributed by atoms with Gasteiger partial charge in [-0.1, -0.05) is 13.8 Å². The van der Waals surface area contributed by atoms with Gasteiger partial charge >= 0.3 is 5.97 Å². The lowest BCUT2D eigenvalue weighted by atomic mass is 10.2. The Labute approximate surface area is 109 Å². The van der Waals surface area contributed by atoms with Crippen molar-refractivity contribution in [3.05, 3.63) is 29.8 Å². The Bertz CT molecular complexity index is 370. The maximum absolute atomic E-state index is 11.7. The summed E-state index contributed by atoms with van der Waals surface area (Å²) in [7, 11) is 0. The monoisotopic (exact) mass is 250 g/mol. The number of benzene rings is 1. The lowest BCUT2D eigenvalue weighted by Gasteiger charge is -2.13. The summed E-state index contributed by atoms with van der Waals surface area (Å²) < 4.78 is 10.9. The number of carbonyl (C=O) groups excluding carboxylic acids is 1. The second kappa shape index (κ2) is 7.04. The molecule has 0 amide bonds. The molecule has 1 aromatic rings. The van der Waals surface area contributed by atoms with E-state index in [0.29, 0.717) is 5.56 Å². The highest BCUT2D eigenvalue weighted by atomic mass is 16.5. The van der Waals surface area contributed by atoms with Crippen LogP contribution < -0.4 is 4.74 Å². The Balaban J connectivity index is 2.62. The first-order chi connectivity index (χ1) is 8.56. The van der Waals surface area contributed by atoms with E-state index in [1.165, 1.54) is 0 Å². The van der Waals surface area contributed by atoms with Gasteiger partial charge in [-0.05, 0) is 51.0 Å². The van der Waals surface area contributed by atoms with Crippen LogP contribution in [0, 0.1) is 0 Å². The molecular formula is C15H22O3. The standard InChI is InChI=1S/C15H22O3/c1-5-11(3)17-14-9-7-13(8-10-14)15(16)18-12(4)6-2/h7-12H,5-6H2,1-4H3. The minimum Gasteiger partial charge on any atom is -0.491 e. The van der Waals surface area contributed by atoms with Crippen LogP contribution >= 0.6 is 0 Å². The van der Waals surface area contributed by atoms with Gasteiger partial charge in [0.25, 0.3) is 0 Å². The van der Waals surface area contributed by atoms with Crippen LogP contribution in [0.5, 0.6) is 5.75 Å². The topological polar surface area (TPSA) is 35.5 Å². The van der Waals surface area contributed by atoms with Crippen LogP contribution in [0.1, 0.15) is 50.9 Å². The van der Waals surface area contributed by atoms with Gasteiger partial charge in [-0.3, -0.25) is 0 Å². The summed E-state index contributed by atoms with van der Waals surface area (Å²) in [6.07, 6.45) is 1.91. The van der Waals surface area contributed by atoms with E-state index in [9.17, 15) is 4.79 Å². The summed E-state index contributed by atoms with van der Waals surface area (Å²) in [5, 5.41) is 0. The Kier molecular flexibility index (Phi) is 5.69. The molecule has 0 radical (unpaired) electrons. The van der Waals surface area contributed by atoms with E-state index in [2.05, 4.69) is 6.92 Å². The van der Waals surface area contributed by atoms with E-state index in [1.54, 1.807) is 24.3 Å². The van der Waals surface area contributed by atoms with Crippen LogP contribution in [-0.4, -0.2) is 18.2 Å². The van der Waals surface area contributed by atoms with Crippen molar-refractivity contribution in [1.29, 1.82) is 0 Å². The van der Waals surface area contributed by atoms with E-state index >= 15 is 0 Å². The minimum absolute atomic E-state index is 0.0476. The predicted octanol–water partition coefficient (Wildman–Crippen LogP) is 3.82. The molecule has 0 fully saturated rings. The van der Waals surface area contributed by atoms with Crippen molar-refractivity contribution in [1.82, 2.24) is 0 Å². The number of carbonyl (C=O) groups is 1. The zero-order valence-corrected chi connectivity index (χ0v) is 11.6. The molecular weight excluding hydrogens is 228 g/mol. The maximum Gasteiger partial charge on any atom is 0.338 e. The van der Waals surface area contributed by atoms with E-state index in [4.69, 9.17) is 9.47 Å². The second-order valence-corrected chi connectivity index (χ2v) is 4.49. The number of hydrogen-bond donors (Lipinski definition) is 0. The fourth-order valence-electron chi connectivity index (χ4n) is 1.32. The molecule has 0 heterocycles. The first kappa shape index (κ1) is 14.6. The minimum atomic E-state index is -0.278. The van der Waals surface area contributed by atoms with Crippen LogP contribution in [0.4, 0.5) is 0 Å². The van der Waals surface area contributed by atoms with E-state index in [-0.39, 0.29) is 18.2 Å². The normalized spacial score (nSPS) is 13.8. The molecule has 0 saturated heterocycles. The average molecular weight is 250 g/mol. The van der Waals surface area contributed by atoms with Gasteiger partial charge in [0.2, 0.25) is 0 Å². The molecule has 100 valence electrons. The zero-order valence-electron chi connectivity index (χ0n) is 11.6. The maximum atomic E-state index is 11.7. The summed E-state index contributed by atoms with van der Waals surface area (Å²) >= 11 is 0. The van der Waals surface area contributed by atoms with Crippen LogP contribution in [0.25, 0.3) is 0 Å². The summed E-state index contributed by atoms with van der Waals surface area (Å²) in [6, 6.07) is 7.09. The smallest absolute Gasteiger partial charge is 0.338 e. The SMILES string of the molecule is CCC(C)OC(=O)c1ccc(OC(C)CC)cc1. The first-order valence-corrected chi connectivity index (χ1v) is 6.54. The van der Waals surface area contributed by atoms with Crippen molar-refractivity contribution < 1.29 is 14.3 Å². The molecule has 2 atom stereocenters. The van der Waals surface area contributed by atoms with Gasteiger partial charge in [0.05, 0.1) is 17.8 Å². The molecule has 2 unspecified atom stereocenters. The lowest BCUT2D eigenvalue weighted by Crippen LogP contribution is -2.14. The molecule has 1 rings (SSSR count). The highest BCUT2D eigenvalue weighted by molar-refractivity contribution is 5.89. The third-order valence-electron chi connectivity index (χ3n) is 2.89. The van der Waals surface area contributed by atoms with Crippen molar-refractivity contribution in [2.75, 3.05) is 0 Å². The zero-order chi connectivity index (χ0) is 13.5.